The molecule has 1 aliphatic rings. The van der Waals surface area contributed by atoms with Crippen LogP contribution in [-0.4, -0.2) is 10.7 Å². The molecule has 16 heavy (non-hydrogen) atoms. The molecule has 1 aromatic carbocycles. The van der Waals surface area contributed by atoms with E-state index in [2.05, 4.69) is 6.92 Å². The van der Waals surface area contributed by atoms with E-state index in [1.807, 2.05) is 24.3 Å². The maximum Gasteiger partial charge on any atom is 0.0715 e. The number of benzene rings is 1. The second kappa shape index (κ2) is 4.77. The highest BCUT2D eigenvalue weighted by Gasteiger charge is 2.39. The molecule has 2 rings (SSSR count). The van der Waals surface area contributed by atoms with Crippen LogP contribution in [0.2, 0.25) is 5.02 Å². The monoisotopic (exact) mass is 238 g/mol. The number of hydrogen-bond donors (Lipinski definition) is 1. The summed E-state index contributed by atoms with van der Waals surface area (Å²) in [6.45, 7) is 2.17. The van der Waals surface area contributed by atoms with Gasteiger partial charge in [0.1, 0.15) is 0 Å². The van der Waals surface area contributed by atoms with Crippen molar-refractivity contribution in [3.63, 3.8) is 0 Å². The summed E-state index contributed by atoms with van der Waals surface area (Å²) in [6, 6.07) is 7.84. The molecule has 2 unspecified atom stereocenters. The van der Waals surface area contributed by atoms with E-state index in [1.54, 1.807) is 0 Å². The molecular weight excluding hydrogens is 220 g/mol. The molecule has 1 nitrogen and oxygen atoms in total. The smallest absolute Gasteiger partial charge is 0.0715 e. The van der Waals surface area contributed by atoms with Gasteiger partial charge in [-0.1, -0.05) is 43.5 Å². The zero-order valence-corrected chi connectivity index (χ0v) is 10.5. The third-order valence-corrected chi connectivity index (χ3v) is 4.09. The third-order valence-electron chi connectivity index (χ3n) is 3.84. The molecule has 1 N–H and O–H groups in total. The van der Waals surface area contributed by atoms with E-state index in [4.69, 9.17) is 11.6 Å². The van der Waals surface area contributed by atoms with Crippen LogP contribution in [0.15, 0.2) is 24.3 Å². The SMILES string of the molecule is CCC1CCCC1(O)Cc1ccc(Cl)cc1. The van der Waals surface area contributed by atoms with Gasteiger partial charge in [-0.2, -0.15) is 0 Å². The highest BCUT2D eigenvalue weighted by molar-refractivity contribution is 6.30. The van der Waals surface area contributed by atoms with Crippen molar-refractivity contribution >= 4 is 11.6 Å². The lowest BCUT2D eigenvalue weighted by Crippen LogP contribution is -2.35. The zero-order valence-electron chi connectivity index (χ0n) is 9.75. The number of aliphatic hydroxyl groups is 1. The van der Waals surface area contributed by atoms with Gasteiger partial charge in [0.15, 0.2) is 0 Å². The molecule has 0 bridgehead atoms. The standard InChI is InChI=1S/C14H19ClO/c1-2-12-4-3-9-14(12,16)10-11-5-7-13(15)8-6-11/h5-8,12,16H,2-4,9-10H2,1H3. The third kappa shape index (κ3) is 2.41. The summed E-state index contributed by atoms with van der Waals surface area (Å²) < 4.78 is 0. The second-order valence-electron chi connectivity index (χ2n) is 4.90. The summed E-state index contributed by atoms with van der Waals surface area (Å²) in [5.74, 6) is 0.461. The van der Waals surface area contributed by atoms with Crippen LogP contribution >= 0.6 is 11.6 Å². The first-order valence-electron chi connectivity index (χ1n) is 6.11. The summed E-state index contributed by atoms with van der Waals surface area (Å²) in [5.41, 5.74) is 0.704. The fourth-order valence-corrected chi connectivity index (χ4v) is 3.03. The van der Waals surface area contributed by atoms with Crippen LogP contribution < -0.4 is 0 Å². The molecule has 1 aromatic rings. The molecule has 0 saturated heterocycles. The van der Waals surface area contributed by atoms with Crippen LogP contribution in [0.3, 0.4) is 0 Å². The van der Waals surface area contributed by atoms with Crippen molar-refractivity contribution < 1.29 is 5.11 Å². The lowest BCUT2D eigenvalue weighted by molar-refractivity contribution is 0.00147. The van der Waals surface area contributed by atoms with Gasteiger partial charge in [0.05, 0.1) is 5.60 Å². The predicted molar refractivity (Wildman–Crippen MR) is 67.7 cm³/mol. The van der Waals surface area contributed by atoms with E-state index in [-0.39, 0.29) is 0 Å². The summed E-state index contributed by atoms with van der Waals surface area (Å²) in [4.78, 5) is 0. The van der Waals surface area contributed by atoms with Gasteiger partial charge in [-0.15, -0.1) is 0 Å². The highest BCUT2D eigenvalue weighted by atomic mass is 35.5. The second-order valence-corrected chi connectivity index (χ2v) is 5.34. The Hall–Kier alpha value is -0.530. The molecule has 0 aliphatic heterocycles. The summed E-state index contributed by atoms with van der Waals surface area (Å²) in [6.07, 6.45) is 5.10. The van der Waals surface area contributed by atoms with Gasteiger partial charge in [0.2, 0.25) is 0 Å². The summed E-state index contributed by atoms with van der Waals surface area (Å²) in [5, 5.41) is 11.4. The minimum Gasteiger partial charge on any atom is -0.389 e. The van der Waals surface area contributed by atoms with Crippen LogP contribution in [0.25, 0.3) is 0 Å². The van der Waals surface area contributed by atoms with Gasteiger partial charge in [-0.05, 0) is 36.5 Å². The normalized spacial score (nSPS) is 29.6. The first-order chi connectivity index (χ1) is 7.64. The molecule has 0 spiro atoms. The van der Waals surface area contributed by atoms with Crippen molar-refractivity contribution in [2.24, 2.45) is 5.92 Å². The van der Waals surface area contributed by atoms with Crippen LogP contribution in [0.5, 0.6) is 0 Å². The Balaban J connectivity index is 2.11. The highest BCUT2D eigenvalue weighted by Crippen LogP contribution is 2.40. The summed E-state index contributed by atoms with van der Waals surface area (Å²) >= 11 is 5.86. The zero-order chi connectivity index (χ0) is 11.6. The Labute approximate surface area is 102 Å². The quantitative estimate of drug-likeness (QED) is 0.849. The molecule has 0 aromatic heterocycles. The minimum absolute atomic E-state index is 0.461. The van der Waals surface area contributed by atoms with Gasteiger partial charge < -0.3 is 5.11 Å². The largest absolute Gasteiger partial charge is 0.389 e. The maximum atomic E-state index is 10.6. The fourth-order valence-electron chi connectivity index (χ4n) is 2.90. The Morgan fingerprint density at radius 2 is 2.06 bits per heavy atom. The van der Waals surface area contributed by atoms with Crippen molar-refractivity contribution in [3.8, 4) is 0 Å². The van der Waals surface area contributed by atoms with E-state index >= 15 is 0 Å². The number of rotatable bonds is 3. The van der Waals surface area contributed by atoms with Crippen LogP contribution in [-0.2, 0) is 6.42 Å². The average Bonchev–Trinajstić information content (AvgIpc) is 2.63. The van der Waals surface area contributed by atoms with E-state index in [0.717, 1.165) is 30.7 Å². The Kier molecular flexibility index (Phi) is 3.56. The maximum absolute atomic E-state index is 10.6. The first kappa shape index (κ1) is 11.9. The van der Waals surface area contributed by atoms with Crippen LogP contribution in [0.1, 0.15) is 38.2 Å². The van der Waals surface area contributed by atoms with E-state index in [1.165, 1.54) is 12.0 Å². The molecule has 2 heteroatoms. The van der Waals surface area contributed by atoms with Gasteiger partial charge in [-0.3, -0.25) is 0 Å². The Bertz CT molecular complexity index is 346. The summed E-state index contributed by atoms with van der Waals surface area (Å²) in [7, 11) is 0. The van der Waals surface area contributed by atoms with Crippen molar-refractivity contribution in [2.45, 2.75) is 44.6 Å². The molecule has 1 saturated carbocycles. The molecule has 0 heterocycles. The van der Waals surface area contributed by atoms with Crippen molar-refractivity contribution in [3.05, 3.63) is 34.9 Å². The Morgan fingerprint density at radius 3 is 2.69 bits per heavy atom. The minimum atomic E-state index is -0.484. The predicted octanol–water partition coefficient (Wildman–Crippen LogP) is 3.82. The first-order valence-corrected chi connectivity index (χ1v) is 6.48. The molecule has 1 aliphatic carbocycles. The number of hydrogen-bond acceptors (Lipinski definition) is 1. The van der Waals surface area contributed by atoms with Gasteiger partial charge >= 0.3 is 0 Å². The van der Waals surface area contributed by atoms with Crippen molar-refractivity contribution in [2.75, 3.05) is 0 Å². The Morgan fingerprint density at radius 1 is 1.38 bits per heavy atom. The van der Waals surface area contributed by atoms with Crippen molar-refractivity contribution in [1.82, 2.24) is 0 Å². The molecule has 1 fully saturated rings. The lowest BCUT2D eigenvalue weighted by Gasteiger charge is -2.29. The average molecular weight is 239 g/mol. The molecular formula is C14H19ClO. The van der Waals surface area contributed by atoms with Gasteiger partial charge in [0.25, 0.3) is 0 Å². The van der Waals surface area contributed by atoms with Crippen LogP contribution in [0.4, 0.5) is 0 Å². The molecule has 0 radical (unpaired) electrons. The van der Waals surface area contributed by atoms with E-state index in [0.29, 0.717) is 5.92 Å². The van der Waals surface area contributed by atoms with E-state index in [9.17, 15) is 5.11 Å². The fraction of sp³-hybridized carbons (Fsp3) is 0.571. The van der Waals surface area contributed by atoms with Gasteiger partial charge in [-0.25, -0.2) is 0 Å². The number of halogens is 1. The molecule has 2 atom stereocenters. The lowest BCUT2D eigenvalue weighted by atomic mass is 9.83. The van der Waals surface area contributed by atoms with Gasteiger partial charge in [0, 0.05) is 11.4 Å². The topological polar surface area (TPSA) is 20.2 Å². The van der Waals surface area contributed by atoms with E-state index < -0.39 is 5.60 Å². The van der Waals surface area contributed by atoms with Crippen LogP contribution in [0, 0.1) is 5.92 Å². The molecule has 0 amide bonds. The van der Waals surface area contributed by atoms with Crippen molar-refractivity contribution in [1.29, 1.82) is 0 Å². The molecule has 88 valence electrons.